The molecule has 5 aliphatic rings. The van der Waals surface area contributed by atoms with Crippen LogP contribution < -0.4 is 0 Å². The molecular formula is C33H52O4. The standard InChI is InChI=1S/C33H52O4/c1-21(34)36-20-31(6)26-13-18-33(8)27(30(26,5)16-14-28(31)37-22(2)35)10-9-25-24-19-29(3,4)15-11-23(24)12-17-32(25,33)7/h9,23-24,26-28H,10-20H2,1-8H3/t23-,24-,26?,27-,28+,30+,31+,32-,33-/m1/s1. The molecule has 1 unspecified atom stereocenters. The lowest BCUT2D eigenvalue weighted by atomic mass is 9.34. The van der Waals surface area contributed by atoms with Gasteiger partial charge in [0.1, 0.15) is 12.7 Å². The molecule has 4 saturated carbocycles. The quantitative estimate of drug-likeness (QED) is 0.285. The number of hydrogen-bond acceptors (Lipinski definition) is 4. The van der Waals surface area contributed by atoms with E-state index in [9.17, 15) is 9.59 Å². The lowest BCUT2D eigenvalue weighted by Crippen LogP contribution is -2.65. The van der Waals surface area contributed by atoms with E-state index in [1.807, 2.05) is 5.57 Å². The highest BCUT2D eigenvalue weighted by Crippen LogP contribution is 2.74. The average Bonchev–Trinajstić information content (AvgIpc) is 2.79. The van der Waals surface area contributed by atoms with E-state index >= 15 is 0 Å². The van der Waals surface area contributed by atoms with E-state index in [0.29, 0.717) is 23.9 Å². The number of fused-ring (bicyclic) bond motifs is 7. The third-order valence-electron chi connectivity index (χ3n) is 13.1. The Labute approximate surface area is 225 Å². The van der Waals surface area contributed by atoms with Crippen molar-refractivity contribution in [2.24, 2.45) is 50.7 Å². The minimum atomic E-state index is -0.360. The van der Waals surface area contributed by atoms with Crippen molar-refractivity contribution in [2.45, 2.75) is 126 Å². The first-order valence-corrected chi connectivity index (χ1v) is 15.2. The van der Waals surface area contributed by atoms with Crippen LogP contribution in [-0.2, 0) is 19.1 Å². The van der Waals surface area contributed by atoms with E-state index in [4.69, 9.17) is 9.47 Å². The van der Waals surface area contributed by atoms with Crippen LogP contribution in [0.1, 0.15) is 120 Å². The van der Waals surface area contributed by atoms with Gasteiger partial charge in [0.25, 0.3) is 0 Å². The van der Waals surface area contributed by atoms with Crippen molar-refractivity contribution in [1.29, 1.82) is 0 Å². The Kier molecular flexibility index (Phi) is 6.52. The predicted octanol–water partition coefficient (Wildman–Crippen LogP) is 7.89. The van der Waals surface area contributed by atoms with Crippen molar-refractivity contribution < 1.29 is 19.1 Å². The second kappa shape index (κ2) is 8.85. The van der Waals surface area contributed by atoms with Crippen LogP contribution in [0.5, 0.6) is 0 Å². The first kappa shape index (κ1) is 27.3. The van der Waals surface area contributed by atoms with E-state index in [0.717, 1.165) is 31.1 Å². The zero-order valence-corrected chi connectivity index (χ0v) is 24.9. The summed E-state index contributed by atoms with van der Waals surface area (Å²) in [4.78, 5) is 24.0. The van der Waals surface area contributed by atoms with Gasteiger partial charge in [0.05, 0.1) is 0 Å². The van der Waals surface area contributed by atoms with Crippen molar-refractivity contribution >= 4 is 11.9 Å². The number of carbonyl (C=O) groups excluding carboxylic acids is 2. The fraction of sp³-hybridized carbons (Fsp3) is 0.879. The first-order chi connectivity index (χ1) is 17.2. The molecule has 0 bridgehead atoms. The molecule has 5 rings (SSSR count). The molecule has 0 N–H and O–H groups in total. The molecule has 4 heteroatoms. The highest BCUT2D eigenvalue weighted by molar-refractivity contribution is 5.66. The van der Waals surface area contributed by atoms with Crippen LogP contribution in [-0.4, -0.2) is 24.6 Å². The first-order valence-electron chi connectivity index (χ1n) is 15.2. The summed E-state index contributed by atoms with van der Waals surface area (Å²) in [7, 11) is 0. The molecule has 0 heterocycles. The number of hydrogen-bond donors (Lipinski definition) is 0. The molecule has 5 aliphatic carbocycles. The maximum Gasteiger partial charge on any atom is 0.302 e. The van der Waals surface area contributed by atoms with Gasteiger partial charge in [0, 0.05) is 19.3 Å². The van der Waals surface area contributed by atoms with Gasteiger partial charge in [-0.1, -0.05) is 53.2 Å². The van der Waals surface area contributed by atoms with Crippen LogP contribution in [0, 0.1) is 50.7 Å². The third-order valence-corrected chi connectivity index (χ3v) is 13.1. The molecule has 0 aromatic heterocycles. The molecule has 0 aromatic carbocycles. The zero-order valence-electron chi connectivity index (χ0n) is 24.9. The van der Waals surface area contributed by atoms with Gasteiger partial charge in [-0.15, -0.1) is 0 Å². The highest BCUT2D eigenvalue weighted by Gasteiger charge is 2.68. The van der Waals surface area contributed by atoms with E-state index in [1.165, 1.54) is 58.8 Å². The van der Waals surface area contributed by atoms with Crippen LogP contribution in [0.3, 0.4) is 0 Å². The summed E-state index contributed by atoms with van der Waals surface area (Å²) in [6.45, 7) is 18.3. The Morgan fingerprint density at radius 3 is 2.24 bits per heavy atom. The van der Waals surface area contributed by atoms with E-state index in [2.05, 4.69) is 47.6 Å². The number of carbonyl (C=O) groups is 2. The lowest BCUT2D eigenvalue weighted by Gasteiger charge is -2.70. The largest absolute Gasteiger partial charge is 0.465 e. The van der Waals surface area contributed by atoms with E-state index in [1.54, 1.807) is 0 Å². The Balaban J connectivity index is 1.52. The predicted molar refractivity (Wildman–Crippen MR) is 147 cm³/mol. The minimum absolute atomic E-state index is 0.131. The molecular weight excluding hydrogens is 460 g/mol. The summed E-state index contributed by atoms with van der Waals surface area (Å²) in [6, 6.07) is 0. The molecule has 37 heavy (non-hydrogen) atoms. The molecule has 0 spiro atoms. The van der Waals surface area contributed by atoms with Crippen LogP contribution in [0.25, 0.3) is 0 Å². The molecule has 0 amide bonds. The van der Waals surface area contributed by atoms with Gasteiger partial charge in [0.15, 0.2) is 0 Å². The lowest BCUT2D eigenvalue weighted by molar-refractivity contribution is -0.224. The summed E-state index contributed by atoms with van der Waals surface area (Å²) in [5, 5.41) is 0. The van der Waals surface area contributed by atoms with Gasteiger partial charge in [-0.05, 0) is 110 Å². The molecule has 4 nitrogen and oxygen atoms in total. The second-order valence-electron chi connectivity index (χ2n) is 15.5. The van der Waals surface area contributed by atoms with Gasteiger partial charge in [-0.2, -0.15) is 0 Å². The number of rotatable bonds is 3. The second-order valence-corrected chi connectivity index (χ2v) is 15.5. The van der Waals surface area contributed by atoms with Crippen molar-refractivity contribution in [3.8, 4) is 0 Å². The van der Waals surface area contributed by atoms with Crippen molar-refractivity contribution in [3.63, 3.8) is 0 Å². The smallest absolute Gasteiger partial charge is 0.302 e. The maximum absolute atomic E-state index is 12.1. The Bertz CT molecular complexity index is 981. The van der Waals surface area contributed by atoms with Crippen LogP contribution in [0.4, 0.5) is 0 Å². The monoisotopic (exact) mass is 512 g/mol. The zero-order chi connectivity index (χ0) is 27.0. The Morgan fingerprint density at radius 2 is 1.57 bits per heavy atom. The Hall–Kier alpha value is -1.32. The number of ether oxygens (including phenoxy) is 2. The molecule has 0 saturated heterocycles. The summed E-state index contributed by atoms with van der Waals surface area (Å²) in [5.41, 5.74) is 2.57. The molecule has 0 aromatic rings. The number of allylic oxidation sites excluding steroid dienone is 2. The maximum atomic E-state index is 12.1. The van der Waals surface area contributed by atoms with Crippen LogP contribution in [0.2, 0.25) is 0 Å². The van der Waals surface area contributed by atoms with Crippen molar-refractivity contribution in [3.05, 3.63) is 11.6 Å². The molecule has 0 aliphatic heterocycles. The molecule has 0 radical (unpaired) electrons. The van der Waals surface area contributed by atoms with Gasteiger partial charge >= 0.3 is 11.9 Å². The van der Waals surface area contributed by atoms with E-state index in [-0.39, 0.29) is 39.7 Å². The topological polar surface area (TPSA) is 52.6 Å². The summed E-state index contributed by atoms with van der Waals surface area (Å²) >= 11 is 0. The molecule has 9 atom stereocenters. The average molecular weight is 513 g/mol. The third kappa shape index (κ3) is 4.05. The summed E-state index contributed by atoms with van der Waals surface area (Å²) in [6.07, 6.45) is 14.8. The van der Waals surface area contributed by atoms with Crippen LogP contribution in [0.15, 0.2) is 11.6 Å². The van der Waals surface area contributed by atoms with Gasteiger partial charge in [0.2, 0.25) is 0 Å². The highest BCUT2D eigenvalue weighted by atomic mass is 16.6. The SMILES string of the molecule is CC(=O)OC[C@@]1(C)C2CC[C@]3(C)[C@H](CC=C4[C@@H]5CC(C)(C)CC[C@@H]5CC[C@]43C)[C@@]2(C)CC[C@@H]1OC(C)=O. The van der Waals surface area contributed by atoms with Crippen molar-refractivity contribution in [1.82, 2.24) is 0 Å². The summed E-state index contributed by atoms with van der Waals surface area (Å²) in [5.74, 6) is 2.12. The fourth-order valence-electron chi connectivity index (χ4n) is 11.0. The Morgan fingerprint density at radius 1 is 0.865 bits per heavy atom. The fourth-order valence-corrected chi connectivity index (χ4v) is 11.0. The van der Waals surface area contributed by atoms with E-state index < -0.39 is 0 Å². The molecule has 4 fully saturated rings. The molecule has 208 valence electrons. The summed E-state index contributed by atoms with van der Waals surface area (Å²) < 4.78 is 11.6. The number of esters is 2. The normalized spacial score (nSPS) is 48.3. The van der Waals surface area contributed by atoms with Gasteiger partial charge in [-0.3, -0.25) is 9.59 Å². The minimum Gasteiger partial charge on any atom is -0.465 e. The van der Waals surface area contributed by atoms with Crippen LogP contribution >= 0.6 is 0 Å². The van der Waals surface area contributed by atoms with Gasteiger partial charge < -0.3 is 9.47 Å². The van der Waals surface area contributed by atoms with Gasteiger partial charge in [-0.25, -0.2) is 0 Å². The van der Waals surface area contributed by atoms with Crippen molar-refractivity contribution in [2.75, 3.05) is 6.61 Å².